The Bertz CT molecular complexity index is 1050. The molecule has 7 nitrogen and oxygen atoms in total. The number of alkyl halides is 3. The van der Waals surface area contributed by atoms with Gasteiger partial charge in [0, 0.05) is 20.1 Å². The minimum absolute atomic E-state index is 0.0388. The fourth-order valence-corrected chi connectivity index (χ4v) is 4.54. The molecule has 0 N–H and O–H groups in total. The molecule has 1 aliphatic heterocycles. The van der Waals surface area contributed by atoms with E-state index < -0.39 is 50.3 Å². The van der Waals surface area contributed by atoms with Gasteiger partial charge in [-0.05, 0) is 31.0 Å². The fourth-order valence-electron chi connectivity index (χ4n) is 3.05. The zero-order valence-electron chi connectivity index (χ0n) is 14.4. The number of halogens is 5. The molecule has 1 aromatic heterocycles. The summed E-state index contributed by atoms with van der Waals surface area (Å²) in [6.07, 6.45) is -4.72. The monoisotopic (exact) mass is 426 g/mol. The van der Waals surface area contributed by atoms with Gasteiger partial charge in [0.15, 0.2) is 11.6 Å². The van der Waals surface area contributed by atoms with E-state index in [9.17, 15) is 35.2 Å². The maximum atomic E-state index is 13.3. The first-order valence-electron chi connectivity index (χ1n) is 8.11. The number of sulfonamides is 1. The lowest BCUT2D eigenvalue weighted by Crippen LogP contribution is -2.41. The second kappa shape index (κ2) is 6.95. The second-order valence-corrected chi connectivity index (χ2v) is 8.26. The van der Waals surface area contributed by atoms with Gasteiger partial charge in [-0.15, -0.1) is 5.10 Å². The predicted octanol–water partition coefficient (Wildman–Crippen LogP) is 1.90. The van der Waals surface area contributed by atoms with E-state index in [1.807, 2.05) is 0 Å². The Labute approximate surface area is 156 Å². The highest BCUT2D eigenvalue weighted by Gasteiger charge is 2.39. The molecule has 0 aliphatic carbocycles. The fraction of sp³-hybridized carbons (Fsp3) is 0.467. The Morgan fingerprint density at radius 2 is 1.71 bits per heavy atom. The van der Waals surface area contributed by atoms with E-state index in [-0.39, 0.29) is 25.9 Å². The van der Waals surface area contributed by atoms with Crippen LogP contribution in [0.25, 0.3) is 0 Å². The summed E-state index contributed by atoms with van der Waals surface area (Å²) in [5, 5.41) is 3.35. The molecule has 0 unspecified atom stereocenters. The van der Waals surface area contributed by atoms with Gasteiger partial charge in [-0.3, -0.25) is 4.57 Å². The lowest BCUT2D eigenvalue weighted by molar-refractivity contribution is -0.147. The molecule has 0 saturated carbocycles. The van der Waals surface area contributed by atoms with E-state index >= 15 is 0 Å². The minimum Gasteiger partial charge on any atom is -0.274 e. The quantitative estimate of drug-likeness (QED) is 0.703. The molecule has 13 heteroatoms. The first-order chi connectivity index (χ1) is 12.9. The summed E-state index contributed by atoms with van der Waals surface area (Å²) in [6.45, 7) is -0.229. The largest absolute Gasteiger partial charge is 0.451 e. The summed E-state index contributed by atoms with van der Waals surface area (Å²) < 4.78 is 92.3. The van der Waals surface area contributed by atoms with E-state index in [1.54, 1.807) is 0 Å². The molecule has 1 aliphatic rings. The Balaban J connectivity index is 1.80. The first-order valence-corrected chi connectivity index (χ1v) is 9.55. The van der Waals surface area contributed by atoms with Crippen molar-refractivity contribution in [3.8, 4) is 0 Å². The van der Waals surface area contributed by atoms with Gasteiger partial charge in [0.2, 0.25) is 15.8 Å². The van der Waals surface area contributed by atoms with Gasteiger partial charge < -0.3 is 0 Å². The number of hydrogen-bond donors (Lipinski definition) is 0. The van der Waals surface area contributed by atoms with Crippen LogP contribution in [0.1, 0.15) is 24.7 Å². The number of aromatic nitrogens is 3. The normalized spacial score (nSPS) is 17.2. The van der Waals surface area contributed by atoms with Gasteiger partial charge in [-0.2, -0.15) is 17.5 Å². The molecule has 0 bridgehead atoms. The molecule has 1 aromatic carbocycles. The molecule has 0 amide bonds. The van der Waals surface area contributed by atoms with Crippen LogP contribution in [-0.4, -0.2) is 40.2 Å². The van der Waals surface area contributed by atoms with Crippen molar-refractivity contribution in [3.05, 3.63) is 46.1 Å². The highest BCUT2D eigenvalue weighted by atomic mass is 32.2. The van der Waals surface area contributed by atoms with E-state index in [0.29, 0.717) is 21.4 Å². The molecule has 0 radical (unpaired) electrons. The standard InChI is InChI=1S/C15H15F5N4O3S/c1-22-13(15(18,19)20)21-24(14(22)25)9-4-6-23(7-5-9)28(26,27)10-2-3-11(16)12(17)8-10/h2-3,8-9H,4-7H2,1H3. The van der Waals surface area contributed by atoms with E-state index in [1.165, 1.54) is 0 Å². The molecular weight excluding hydrogens is 411 g/mol. The molecule has 28 heavy (non-hydrogen) atoms. The summed E-state index contributed by atoms with van der Waals surface area (Å²) in [4.78, 5) is 11.6. The lowest BCUT2D eigenvalue weighted by atomic mass is 10.1. The maximum absolute atomic E-state index is 13.3. The summed E-state index contributed by atoms with van der Waals surface area (Å²) in [6, 6.07) is 1.47. The van der Waals surface area contributed by atoms with E-state index in [2.05, 4.69) is 5.10 Å². The number of rotatable bonds is 3. The van der Waals surface area contributed by atoms with Crippen LogP contribution in [-0.2, 0) is 23.2 Å². The molecule has 154 valence electrons. The first kappa shape index (κ1) is 20.5. The number of hydrogen-bond acceptors (Lipinski definition) is 4. The smallest absolute Gasteiger partial charge is 0.274 e. The third-order valence-corrected chi connectivity index (χ3v) is 6.45. The third-order valence-electron chi connectivity index (χ3n) is 4.55. The van der Waals surface area contributed by atoms with Crippen LogP contribution in [0, 0.1) is 11.6 Å². The molecule has 2 heterocycles. The maximum Gasteiger partial charge on any atom is 0.451 e. The van der Waals surface area contributed by atoms with Gasteiger partial charge in [-0.25, -0.2) is 26.7 Å². The minimum atomic E-state index is -4.80. The molecule has 2 aromatic rings. The van der Waals surface area contributed by atoms with Crippen molar-refractivity contribution in [1.82, 2.24) is 18.7 Å². The summed E-state index contributed by atoms with van der Waals surface area (Å²) in [5.41, 5.74) is -0.950. The lowest BCUT2D eigenvalue weighted by Gasteiger charge is -2.30. The van der Waals surface area contributed by atoms with Gasteiger partial charge >= 0.3 is 11.9 Å². The van der Waals surface area contributed by atoms with Gasteiger partial charge in [-0.1, -0.05) is 0 Å². The van der Waals surface area contributed by atoms with Crippen molar-refractivity contribution in [2.45, 2.75) is 30.0 Å². The van der Waals surface area contributed by atoms with E-state index in [4.69, 9.17) is 0 Å². The Kier molecular flexibility index (Phi) is 5.08. The Hall–Kier alpha value is -2.28. The Morgan fingerprint density at radius 1 is 1.11 bits per heavy atom. The molecule has 1 fully saturated rings. The SMILES string of the molecule is Cn1c(C(F)(F)F)nn(C2CCN(S(=O)(=O)c3ccc(F)c(F)c3)CC2)c1=O. The van der Waals surface area contributed by atoms with Crippen molar-refractivity contribution in [1.29, 1.82) is 0 Å². The van der Waals surface area contributed by atoms with E-state index in [0.717, 1.165) is 17.4 Å². The number of benzene rings is 1. The highest BCUT2D eigenvalue weighted by molar-refractivity contribution is 7.89. The third kappa shape index (κ3) is 3.55. The molecule has 0 spiro atoms. The molecule has 1 saturated heterocycles. The zero-order valence-corrected chi connectivity index (χ0v) is 15.3. The molecular formula is C15H15F5N4O3S. The van der Waals surface area contributed by atoms with Crippen LogP contribution in [0.4, 0.5) is 22.0 Å². The summed E-state index contributed by atoms with van der Waals surface area (Å²) >= 11 is 0. The molecule has 3 rings (SSSR count). The number of piperidine rings is 1. The summed E-state index contributed by atoms with van der Waals surface area (Å²) in [7, 11) is -3.15. The average molecular weight is 426 g/mol. The van der Waals surface area contributed by atoms with Gasteiger partial charge in [0.25, 0.3) is 0 Å². The van der Waals surface area contributed by atoms with Crippen molar-refractivity contribution < 1.29 is 30.4 Å². The predicted molar refractivity (Wildman–Crippen MR) is 85.9 cm³/mol. The van der Waals surface area contributed by atoms with Crippen molar-refractivity contribution in [2.24, 2.45) is 7.05 Å². The average Bonchev–Trinajstić information content (AvgIpc) is 2.93. The van der Waals surface area contributed by atoms with Crippen molar-refractivity contribution in [3.63, 3.8) is 0 Å². The van der Waals surface area contributed by atoms with Crippen LogP contribution < -0.4 is 5.69 Å². The zero-order chi connectivity index (χ0) is 20.9. The van der Waals surface area contributed by atoms with Crippen molar-refractivity contribution >= 4 is 10.0 Å². The second-order valence-electron chi connectivity index (χ2n) is 6.32. The van der Waals surface area contributed by atoms with Crippen LogP contribution in [0.5, 0.6) is 0 Å². The van der Waals surface area contributed by atoms with Crippen LogP contribution >= 0.6 is 0 Å². The molecule has 0 atom stereocenters. The van der Waals surface area contributed by atoms with Crippen LogP contribution in [0.2, 0.25) is 0 Å². The van der Waals surface area contributed by atoms with Gasteiger partial charge in [0.05, 0.1) is 10.9 Å². The number of nitrogens with zero attached hydrogens (tertiary/aromatic N) is 4. The van der Waals surface area contributed by atoms with Crippen molar-refractivity contribution in [2.75, 3.05) is 13.1 Å². The van der Waals surface area contributed by atoms with Crippen LogP contribution in [0.15, 0.2) is 27.9 Å². The Morgan fingerprint density at radius 3 is 2.21 bits per heavy atom. The topological polar surface area (TPSA) is 77.2 Å². The highest BCUT2D eigenvalue weighted by Crippen LogP contribution is 2.29. The van der Waals surface area contributed by atoms with Gasteiger partial charge in [0.1, 0.15) is 0 Å². The van der Waals surface area contributed by atoms with Crippen LogP contribution in [0.3, 0.4) is 0 Å². The summed E-state index contributed by atoms with van der Waals surface area (Å²) in [5.74, 6) is -3.84.